The highest BCUT2D eigenvalue weighted by Crippen LogP contribution is 2.16. The third-order valence-electron chi connectivity index (χ3n) is 2.39. The molecule has 2 aromatic heterocycles. The van der Waals surface area contributed by atoms with Gasteiger partial charge >= 0.3 is 0 Å². The molecule has 0 saturated carbocycles. The van der Waals surface area contributed by atoms with E-state index in [4.69, 9.17) is 4.74 Å². The van der Waals surface area contributed by atoms with E-state index in [0.717, 1.165) is 29.1 Å². The number of imidazole rings is 1. The summed E-state index contributed by atoms with van der Waals surface area (Å²) < 4.78 is 5.06. The Morgan fingerprint density at radius 1 is 1.40 bits per heavy atom. The lowest BCUT2D eigenvalue weighted by Crippen LogP contribution is -1.94. The van der Waals surface area contributed by atoms with Gasteiger partial charge in [-0.15, -0.1) is 0 Å². The molecule has 0 spiro atoms. The molecule has 0 radical (unpaired) electrons. The fourth-order valence-electron chi connectivity index (χ4n) is 1.65. The van der Waals surface area contributed by atoms with E-state index >= 15 is 0 Å². The largest absolute Gasteiger partial charge is 0.378 e. The maximum atomic E-state index is 5.06. The minimum Gasteiger partial charge on any atom is -0.378 e. The molecule has 2 heterocycles. The number of pyridine rings is 1. The highest BCUT2D eigenvalue weighted by atomic mass is 16.5. The van der Waals surface area contributed by atoms with Crippen molar-refractivity contribution in [1.29, 1.82) is 0 Å². The zero-order valence-corrected chi connectivity index (χ0v) is 9.29. The molecule has 80 valence electrons. The Labute approximate surface area is 88.7 Å². The number of nitrogens with one attached hydrogen (secondary N) is 1. The monoisotopic (exact) mass is 205 g/mol. The Kier molecular flexibility index (Phi) is 2.68. The summed E-state index contributed by atoms with van der Waals surface area (Å²) in [6, 6.07) is 2.03. The second-order valence-corrected chi connectivity index (χ2v) is 3.60. The molecule has 0 bridgehead atoms. The minimum atomic E-state index is 0.533. The Morgan fingerprint density at radius 3 is 2.87 bits per heavy atom. The first-order valence-electron chi connectivity index (χ1n) is 5.08. The highest BCUT2D eigenvalue weighted by Gasteiger charge is 2.07. The molecule has 0 aromatic carbocycles. The van der Waals surface area contributed by atoms with Crippen molar-refractivity contribution < 1.29 is 4.74 Å². The molecule has 0 saturated heterocycles. The van der Waals surface area contributed by atoms with Crippen molar-refractivity contribution in [2.75, 3.05) is 7.11 Å². The van der Waals surface area contributed by atoms with Crippen LogP contribution in [0.3, 0.4) is 0 Å². The van der Waals surface area contributed by atoms with Gasteiger partial charge in [0.25, 0.3) is 0 Å². The quantitative estimate of drug-likeness (QED) is 0.833. The summed E-state index contributed by atoms with van der Waals surface area (Å²) in [7, 11) is 1.67. The summed E-state index contributed by atoms with van der Waals surface area (Å²) in [6.45, 7) is 4.66. The number of H-pyrrole nitrogens is 1. The van der Waals surface area contributed by atoms with E-state index in [2.05, 4.69) is 28.8 Å². The van der Waals surface area contributed by atoms with E-state index in [0.29, 0.717) is 6.61 Å². The van der Waals surface area contributed by atoms with Crippen LogP contribution in [0.25, 0.3) is 11.2 Å². The molecule has 4 heteroatoms. The van der Waals surface area contributed by atoms with Crippen molar-refractivity contribution in [3.05, 3.63) is 23.1 Å². The van der Waals surface area contributed by atoms with Crippen LogP contribution in [-0.2, 0) is 17.8 Å². The number of aryl methyl sites for hydroxylation is 2. The summed E-state index contributed by atoms with van der Waals surface area (Å²) in [6.07, 6.45) is 0.898. The first-order valence-corrected chi connectivity index (χ1v) is 5.08. The van der Waals surface area contributed by atoms with Crippen LogP contribution in [0.1, 0.15) is 24.0 Å². The van der Waals surface area contributed by atoms with Crippen LogP contribution in [0.2, 0.25) is 0 Å². The van der Waals surface area contributed by atoms with Gasteiger partial charge in [0, 0.05) is 13.5 Å². The first-order chi connectivity index (χ1) is 7.24. The Morgan fingerprint density at radius 2 is 2.20 bits per heavy atom. The zero-order chi connectivity index (χ0) is 10.8. The summed E-state index contributed by atoms with van der Waals surface area (Å²) in [5, 5.41) is 0. The molecule has 0 amide bonds. The van der Waals surface area contributed by atoms with Gasteiger partial charge in [0.05, 0.1) is 17.8 Å². The number of fused-ring (bicyclic) bond motifs is 1. The normalized spacial score (nSPS) is 11.1. The molecule has 4 nitrogen and oxygen atoms in total. The third-order valence-corrected chi connectivity index (χ3v) is 2.39. The molecular weight excluding hydrogens is 190 g/mol. The summed E-state index contributed by atoms with van der Waals surface area (Å²) in [5.74, 6) is 0.982. The van der Waals surface area contributed by atoms with Crippen molar-refractivity contribution in [3.8, 4) is 0 Å². The molecular formula is C11H15N3O. The summed E-state index contributed by atoms with van der Waals surface area (Å²) in [4.78, 5) is 12.1. The van der Waals surface area contributed by atoms with Crippen molar-refractivity contribution in [1.82, 2.24) is 15.0 Å². The number of aromatic amines is 1. The third kappa shape index (κ3) is 1.85. The average molecular weight is 205 g/mol. The minimum absolute atomic E-state index is 0.533. The van der Waals surface area contributed by atoms with Gasteiger partial charge in [-0.05, 0) is 18.6 Å². The molecule has 0 aliphatic heterocycles. The van der Waals surface area contributed by atoms with Crippen molar-refractivity contribution in [2.45, 2.75) is 26.9 Å². The van der Waals surface area contributed by atoms with E-state index in [1.54, 1.807) is 7.11 Å². The van der Waals surface area contributed by atoms with Crippen LogP contribution >= 0.6 is 0 Å². The van der Waals surface area contributed by atoms with Crippen LogP contribution in [0, 0.1) is 6.92 Å². The average Bonchev–Trinajstić information content (AvgIpc) is 2.62. The Hall–Kier alpha value is -1.42. The van der Waals surface area contributed by atoms with Crippen molar-refractivity contribution in [2.24, 2.45) is 0 Å². The maximum absolute atomic E-state index is 5.06. The van der Waals surface area contributed by atoms with E-state index < -0.39 is 0 Å². The van der Waals surface area contributed by atoms with Gasteiger partial charge in [-0.25, -0.2) is 9.97 Å². The van der Waals surface area contributed by atoms with Gasteiger partial charge in [0.15, 0.2) is 5.65 Å². The molecule has 0 unspecified atom stereocenters. The lowest BCUT2D eigenvalue weighted by Gasteiger charge is -2.00. The molecule has 0 aliphatic carbocycles. The highest BCUT2D eigenvalue weighted by molar-refractivity contribution is 5.74. The Bertz CT molecular complexity index is 476. The second kappa shape index (κ2) is 3.98. The van der Waals surface area contributed by atoms with Crippen molar-refractivity contribution in [3.63, 3.8) is 0 Å². The SMILES string of the molecule is CCc1nc2nc(COC)cc(C)c2[nH]1. The lowest BCUT2D eigenvalue weighted by atomic mass is 10.2. The lowest BCUT2D eigenvalue weighted by molar-refractivity contribution is 0.181. The number of rotatable bonds is 3. The first kappa shape index (κ1) is 10.1. The summed E-state index contributed by atoms with van der Waals surface area (Å²) in [5.41, 5.74) is 3.92. The molecule has 2 rings (SSSR count). The zero-order valence-electron chi connectivity index (χ0n) is 9.29. The molecule has 0 aliphatic rings. The topological polar surface area (TPSA) is 50.8 Å². The number of nitrogens with zero attached hydrogens (tertiary/aromatic N) is 2. The van der Waals surface area contributed by atoms with Gasteiger partial charge in [-0.1, -0.05) is 6.92 Å². The van der Waals surface area contributed by atoms with Crippen LogP contribution in [0.5, 0.6) is 0 Å². The number of hydrogen-bond acceptors (Lipinski definition) is 3. The van der Waals surface area contributed by atoms with Gasteiger partial charge < -0.3 is 9.72 Å². The second-order valence-electron chi connectivity index (χ2n) is 3.60. The predicted molar refractivity (Wildman–Crippen MR) is 58.7 cm³/mol. The smallest absolute Gasteiger partial charge is 0.178 e. The predicted octanol–water partition coefficient (Wildman–Crippen LogP) is 1.98. The molecule has 0 atom stereocenters. The van der Waals surface area contributed by atoms with E-state index in [1.165, 1.54) is 5.56 Å². The standard InChI is InChI=1S/C11H15N3O/c1-4-9-13-10-7(2)5-8(6-15-3)12-11(10)14-9/h5H,4,6H2,1-3H3,(H,12,13,14). The van der Waals surface area contributed by atoms with E-state index in [1.807, 2.05) is 6.07 Å². The number of ether oxygens (including phenoxy) is 1. The maximum Gasteiger partial charge on any atom is 0.178 e. The summed E-state index contributed by atoms with van der Waals surface area (Å²) >= 11 is 0. The van der Waals surface area contributed by atoms with E-state index in [-0.39, 0.29) is 0 Å². The Balaban J connectivity index is 2.54. The van der Waals surface area contributed by atoms with Crippen LogP contribution in [0.15, 0.2) is 6.07 Å². The molecule has 15 heavy (non-hydrogen) atoms. The number of hydrogen-bond donors (Lipinski definition) is 1. The fourth-order valence-corrected chi connectivity index (χ4v) is 1.65. The number of aromatic nitrogens is 3. The van der Waals surface area contributed by atoms with Crippen LogP contribution < -0.4 is 0 Å². The van der Waals surface area contributed by atoms with Crippen LogP contribution in [-0.4, -0.2) is 22.1 Å². The van der Waals surface area contributed by atoms with Gasteiger partial charge in [0.2, 0.25) is 0 Å². The van der Waals surface area contributed by atoms with Gasteiger partial charge in [0.1, 0.15) is 5.82 Å². The fraction of sp³-hybridized carbons (Fsp3) is 0.455. The van der Waals surface area contributed by atoms with Gasteiger partial charge in [-0.3, -0.25) is 0 Å². The van der Waals surface area contributed by atoms with Crippen LogP contribution in [0.4, 0.5) is 0 Å². The van der Waals surface area contributed by atoms with Crippen molar-refractivity contribution >= 4 is 11.2 Å². The van der Waals surface area contributed by atoms with E-state index in [9.17, 15) is 0 Å². The van der Waals surface area contributed by atoms with Gasteiger partial charge in [-0.2, -0.15) is 0 Å². The molecule has 0 fully saturated rings. The molecule has 2 aromatic rings. The number of methoxy groups -OCH3 is 1. The molecule has 1 N–H and O–H groups in total.